The molecule has 0 bridgehead atoms. The molecule has 0 N–H and O–H groups in total. The van der Waals surface area contributed by atoms with Gasteiger partial charge in [-0.05, 0) is 26.8 Å². The Morgan fingerprint density at radius 3 is 3.00 bits per heavy atom. The number of rotatable bonds is 3. The monoisotopic (exact) mass is 196 g/mol. The van der Waals surface area contributed by atoms with Crippen molar-refractivity contribution >= 4 is 5.97 Å². The highest BCUT2D eigenvalue weighted by Crippen LogP contribution is 2.26. The minimum Gasteiger partial charge on any atom is -0.490 e. The fourth-order valence-electron chi connectivity index (χ4n) is 1.45. The van der Waals surface area contributed by atoms with E-state index in [1.807, 2.05) is 19.1 Å². The van der Waals surface area contributed by atoms with Crippen LogP contribution in [0.5, 0.6) is 0 Å². The summed E-state index contributed by atoms with van der Waals surface area (Å²) in [6.07, 6.45) is 4.48. The number of esters is 1. The second kappa shape index (κ2) is 4.84. The standard InChI is InChI=1S/C11H16O3/c1-4-6-9-7-10(8(3)14-9)11(12)13-5-2/h4,6,9H,5,7H2,1-3H3. The van der Waals surface area contributed by atoms with Gasteiger partial charge in [-0.1, -0.05) is 6.08 Å². The molecular formula is C11H16O3. The number of hydrogen-bond acceptors (Lipinski definition) is 3. The van der Waals surface area contributed by atoms with Crippen LogP contribution in [-0.2, 0) is 14.3 Å². The van der Waals surface area contributed by atoms with E-state index in [9.17, 15) is 4.79 Å². The second-order valence-electron chi connectivity index (χ2n) is 3.14. The lowest BCUT2D eigenvalue weighted by atomic mass is 10.1. The lowest BCUT2D eigenvalue weighted by molar-refractivity contribution is -0.138. The summed E-state index contributed by atoms with van der Waals surface area (Å²) in [6.45, 7) is 5.94. The third-order valence-electron chi connectivity index (χ3n) is 2.09. The van der Waals surface area contributed by atoms with Crippen molar-refractivity contribution < 1.29 is 14.3 Å². The molecule has 0 saturated carbocycles. The molecule has 3 nitrogen and oxygen atoms in total. The van der Waals surface area contributed by atoms with Crippen molar-refractivity contribution in [2.75, 3.05) is 6.61 Å². The van der Waals surface area contributed by atoms with E-state index in [0.717, 1.165) is 0 Å². The van der Waals surface area contributed by atoms with Crippen LogP contribution in [0.4, 0.5) is 0 Å². The molecule has 0 radical (unpaired) electrons. The Kier molecular flexibility index (Phi) is 3.74. The van der Waals surface area contributed by atoms with Gasteiger partial charge in [0.25, 0.3) is 0 Å². The van der Waals surface area contributed by atoms with Crippen LogP contribution in [0.3, 0.4) is 0 Å². The summed E-state index contributed by atoms with van der Waals surface area (Å²) in [6, 6.07) is 0. The highest BCUT2D eigenvalue weighted by Gasteiger charge is 2.26. The van der Waals surface area contributed by atoms with Gasteiger partial charge in [0.2, 0.25) is 0 Å². The zero-order valence-electron chi connectivity index (χ0n) is 8.87. The molecule has 3 heteroatoms. The van der Waals surface area contributed by atoms with Crippen molar-refractivity contribution in [3.63, 3.8) is 0 Å². The van der Waals surface area contributed by atoms with Crippen molar-refractivity contribution in [3.8, 4) is 0 Å². The van der Waals surface area contributed by atoms with Crippen molar-refractivity contribution in [2.24, 2.45) is 0 Å². The molecule has 78 valence electrons. The smallest absolute Gasteiger partial charge is 0.337 e. The molecule has 1 aliphatic rings. The minimum absolute atomic E-state index is 0.000550. The summed E-state index contributed by atoms with van der Waals surface area (Å²) in [4.78, 5) is 11.4. The maximum atomic E-state index is 11.4. The topological polar surface area (TPSA) is 35.5 Å². The molecule has 0 aromatic carbocycles. The van der Waals surface area contributed by atoms with Crippen LogP contribution in [0.2, 0.25) is 0 Å². The number of allylic oxidation sites excluding steroid dienone is 2. The van der Waals surface area contributed by atoms with Crippen LogP contribution in [0.1, 0.15) is 27.2 Å². The lowest BCUT2D eigenvalue weighted by Gasteiger charge is -2.04. The normalized spacial score (nSPS) is 21.5. The predicted molar refractivity (Wildman–Crippen MR) is 53.6 cm³/mol. The van der Waals surface area contributed by atoms with E-state index in [1.165, 1.54) is 0 Å². The number of carbonyl (C=O) groups is 1. The summed E-state index contributed by atoms with van der Waals surface area (Å²) in [5.41, 5.74) is 0.662. The predicted octanol–water partition coefficient (Wildman–Crippen LogP) is 2.19. The Hall–Kier alpha value is -1.25. The van der Waals surface area contributed by atoms with Crippen LogP contribution in [0.15, 0.2) is 23.5 Å². The summed E-state index contributed by atoms with van der Waals surface area (Å²) < 4.78 is 10.4. The van der Waals surface area contributed by atoms with E-state index < -0.39 is 0 Å². The van der Waals surface area contributed by atoms with Crippen molar-refractivity contribution in [2.45, 2.75) is 33.3 Å². The first kappa shape index (κ1) is 10.8. The van der Waals surface area contributed by atoms with Gasteiger partial charge < -0.3 is 9.47 Å². The molecule has 14 heavy (non-hydrogen) atoms. The molecule has 0 aromatic rings. The highest BCUT2D eigenvalue weighted by atomic mass is 16.5. The third-order valence-corrected chi connectivity index (χ3v) is 2.09. The molecular weight excluding hydrogens is 180 g/mol. The highest BCUT2D eigenvalue weighted by molar-refractivity contribution is 5.89. The Balaban J connectivity index is 2.62. The van der Waals surface area contributed by atoms with Gasteiger partial charge in [-0.2, -0.15) is 0 Å². The van der Waals surface area contributed by atoms with Gasteiger partial charge in [0.15, 0.2) is 0 Å². The zero-order chi connectivity index (χ0) is 10.6. The lowest BCUT2D eigenvalue weighted by Crippen LogP contribution is -2.08. The van der Waals surface area contributed by atoms with Crippen LogP contribution < -0.4 is 0 Å². The number of hydrogen-bond donors (Lipinski definition) is 0. The van der Waals surface area contributed by atoms with Crippen LogP contribution in [-0.4, -0.2) is 18.7 Å². The summed E-state index contributed by atoms with van der Waals surface area (Å²) in [5.74, 6) is 0.434. The molecule has 1 rings (SSSR count). The zero-order valence-corrected chi connectivity index (χ0v) is 8.87. The minimum atomic E-state index is -0.253. The van der Waals surface area contributed by atoms with Crippen molar-refractivity contribution in [1.29, 1.82) is 0 Å². The van der Waals surface area contributed by atoms with Crippen LogP contribution >= 0.6 is 0 Å². The number of ether oxygens (including phenoxy) is 2. The van der Waals surface area contributed by atoms with E-state index in [1.54, 1.807) is 13.8 Å². The molecule has 1 atom stereocenters. The first-order chi connectivity index (χ1) is 6.69. The van der Waals surface area contributed by atoms with E-state index in [4.69, 9.17) is 9.47 Å². The molecule has 0 spiro atoms. The molecule has 0 aliphatic carbocycles. The van der Waals surface area contributed by atoms with Gasteiger partial charge >= 0.3 is 5.97 Å². The Bertz CT molecular complexity index is 276. The Morgan fingerprint density at radius 1 is 1.71 bits per heavy atom. The van der Waals surface area contributed by atoms with E-state index in [-0.39, 0.29) is 12.1 Å². The maximum Gasteiger partial charge on any atom is 0.337 e. The van der Waals surface area contributed by atoms with Gasteiger partial charge in [-0.3, -0.25) is 0 Å². The summed E-state index contributed by atoms with van der Waals surface area (Å²) >= 11 is 0. The van der Waals surface area contributed by atoms with Gasteiger partial charge in [-0.25, -0.2) is 4.79 Å². The fourth-order valence-corrected chi connectivity index (χ4v) is 1.45. The van der Waals surface area contributed by atoms with Gasteiger partial charge in [-0.15, -0.1) is 0 Å². The van der Waals surface area contributed by atoms with Crippen molar-refractivity contribution in [3.05, 3.63) is 23.5 Å². The molecule has 0 fully saturated rings. The van der Waals surface area contributed by atoms with E-state index >= 15 is 0 Å². The molecule has 1 aliphatic heterocycles. The SMILES string of the molecule is CC=CC1CC(C(=O)OCC)=C(C)O1. The second-order valence-corrected chi connectivity index (χ2v) is 3.14. The molecule has 1 heterocycles. The quantitative estimate of drug-likeness (QED) is 0.512. The van der Waals surface area contributed by atoms with E-state index in [0.29, 0.717) is 24.4 Å². The first-order valence-corrected chi connectivity index (χ1v) is 4.85. The third kappa shape index (κ3) is 2.37. The first-order valence-electron chi connectivity index (χ1n) is 4.85. The molecule has 0 saturated heterocycles. The Morgan fingerprint density at radius 2 is 2.43 bits per heavy atom. The molecule has 0 amide bonds. The largest absolute Gasteiger partial charge is 0.490 e. The van der Waals surface area contributed by atoms with Gasteiger partial charge in [0, 0.05) is 6.42 Å². The maximum absolute atomic E-state index is 11.4. The average Bonchev–Trinajstić information content (AvgIpc) is 2.48. The Labute approximate surface area is 84.4 Å². The van der Waals surface area contributed by atoms with Crippen molar-refractivity contribution in [1.82, 2.24) is 0 Å². The fraction of sp³-hybridized carbons (Fsp3) is 0.545. The van der Waals surface area contributed by atoms with Gasteiger partial charge in [0.05, 0.1) is 12.2 Å². The summed E-state index contributed by atoms with van der Waals surface area (Å²) in [5, 5.41) is 0. The van der Waals surface area contributed by atoms with Crippen LogP contribution in [0, 0.1) is 0 Å². The molecule has 0 aromatic heterocycles. The van der Waals surface area contributed by atoms with Gasteiger partial charge in [0.1, 0.15) is 11.9 Å². The van der Waals surface area contributed by atoms with E-state index in [2.05, 4.69) is 0 Å². The molecule has 1 unspecified atom stereocenters. The van der Waals surface area contributed by atoms with Crippen LogP contribution in [0.25, 0.3) is 0 Å². The average molecular weight is 196 g/mol. The number of carbonyl (C=O) groups excluding carboxylic acids is 1. The summed E-state index contributed by atoms with van der Waals surface area (Å²) in [7, 11) is 0.